The van der Waals surface area contributed by atoms with Gasteiger partial charge >= 0.3 is 0 Å². The van der Waals surface area contributed by atoms with Gasteiger partial charge in [0, 0.05) is 56.7 Å². The monoisotopic (exact) mass is 401 g/mol. The molecule has 2 aromatic heterocycles. The van der Waals surface area contributed by atoms with E-state index in [2.05, 4.69) is 63.1 Å². The molecule has 0 saturated carbocycles. The van der Waals surface area contributed by atoms with Gasteiger partial charge in [-0.15, -0.1) is 0 Å². The van der Waals surface area contributed by atoms with Crippen LogP contribution < -0.4 is 5.56 Å². The quantitative estimate of drug-likeness (QED) is 0.559. The summed E-state index contributed by atoms with van der Waals surface area (Å²) >= 11 is 0. The zero-order chi connectivity index (χ0) is 20.5. The van der Waals surface area contributed by atoms with Crippen molar-refractivity contribution < 1.29 is 0 Å². The van der Waals surface area contributed by atoms with Crippen LogP contribution in [0.3, 0.4) is 0 Å². The molecule has 1 N–H and O–H groups in total. The molecule has 0 unspecified atom stereocenters. The zero-order valence-electron chi connectivity index (χ0n) is 17.3. The molecule has 4 aromatic rings. The third-order valence-electron chi connectivity index (χ3n) is 6.10. The number of aromatic amines is 1. The summed E-state index contributed by atoms with van der Waals surface area (Å²) in [5.74, 6) is 0. The van der Waals surface area contributed by atoms with Gasteiger partial charge in [-0.3, -0.25) is 19.2 Å². The molecule has 6 nitrogen and oxygen atoms in total. The number of H-pyrrole nitrogens is 1. The fourth-order valence-electron chi connectivity index (χ4n) is 4.32. The minimum atomic E-state index is 0.0107. The van der Waals surface area contributed by atoms with Crippen LogP contribution in [0.5, 0.6) is 0 Å². The molecule has 0 aliphatic carbocycles. The lowest BCUT2D eigenvalue weighted by Gasteiger charge is -2.34. The maximum Gasteiger partial charge on any atom is 0.277 e. The number of benzene rings is 2. The third-order valence-corrected chi connectivity index (χ3v) is 6.10. The number of aromatic nitrogens is 3. The number of aryl methyl sites for hydroxylation is 1. The molecule has 1 saturated heterocycles. The van der Waals surface area contributed by atoms with Crippen LogP contribution in [0, 0.1) is 6.92 Å². The van der Waals surface area contributed by atoms with Crippen molar-refractivity contribution in [2.24, 2.45) is 0 Å². The summed E-state index contributed by atoms with van der Waals surface area (Å²) in [6.45, 7) is 8.77. The molecule has 3 heterocycles. The normalized spacial score (nSPS) is 15.9. The highest BCUT2D eigenvalue weighted by Crippen LogP contribution is 2.22. The van der Waals surface area contributed by atoms with Crippen LogP contribution in [0.2, 0.25) is 0 Å². The van der Waals surface area contributed by atoms with Gasteiger partial charge in [-0.1, -0.05) is 42.0 Å². The number of nitrogens with one attached hydrogen (secondary N) is 1. The van der Waals surface area contributed by atoms with E-state index in [9.17, 15) is 4.79 Å². The molecular weight excluding hydrogens is 374 g/mol. The molecule has 5 rings (SSSR count). The van der Waals surface area contributed by atoms with Crippen molar-refractivity contribution in [1.29, 1.82) is 0 Å². The fourth-order valence-corrected chi connectivity index (χ4v) is 4.32. The van der Waals surface area contributed by atoms with E-state index in [1.165, 1.54) is 11.1 Å². The second-order valence-corrected chi connectivity index (χ2v) is 8.24. The number of hydrogen-bond acceptors (Lipinski definition) is 4. The molecule has 0 radical (unpaired) electrons. The number of rotatable bonds is 5. The molecule has 1 aliphatic rings. The Balaban J connectivity index is 1.23. The van der Waals surface area contributed by atoms with Gasteiger partial charge in [0.15, 0.2) is 0 Å². The molecule has 0 atom stereocenters. The SMILES string of the molecule is Cc1ccc2[nH]c3c(=O)n(CCN4CCN(Cc5ccccc5)CC4)cnc3c2c1. The van der Waals surface area contributed by atoms with Crippen LogP contribution in [0.1, 0.15) is 11.1 Å². The van der Waals surface area contributed by atoms with E-state index >= 15 is 0 Å². The Morgan fingerprint density at radius 2 is 1.73 bits per heavy atom. The van der Waals surface area contributed by atoms with E-state index in [-0.39, 0.29) is 5.56 Å². The van der Waals surface area contributed by atoms with Gasteiger partial charge in [0.2, 0.25) is 0 Å². The second-order valence-electron chi connectivity index (χ2n) is 8.24. The highest BCUT2D eigenvalue weighted by atomic mass is 16.1. The Kier molecular flexibility index (Phi) is 5.11. The molecule has 154 valence electrons. The van der Waals surface area contributed by atoms with Crippen molar-refractivity contribution in [2.75, 3.05) is 32.7 Å². The molecule has 0 amide bonds. The lowest BCUT2D eigenvalue weighted by atomic mass is 10.2. The van der Waals surface area contributed by atoms with E-state index in [1.807, 2.05) is 12.1 Å². The van der Waals surface area contributed by atoms with Gasteiger partial charge in [0.1, 0.15) is 11.0 Å². The predicted molar refractivity (Wildman–Crippen MR) is 121 cm³/mol. The van der Waals surface area contributed by atoms with E-state index in [0.29, 0.717) is 12.1 Å². The average Bonchev–Trinajstić information content (AvgIpc) is 3.14. The first kappa shape index (κ1) is 19.0. The molecule has 6 heteroatoms. The molecular formula is C24H27N5O. The lowest BCUT2D eigenvalue weighted by molar-refractivity contribution is 0.124. The first-order valence-corrected chi connectivity index (χ1v) is 10.6. The molecule has 0 spiro atoms. The summed E-state index contributed by atoms with van der Waals surface area (Å²) in [6.07, 6.45) is 1.70. The molecule has 30 heavy (non-hydrogen) atoms. The van der Waals surface area contributed by atoms with Gasteiger partial charge in [0.25, 0.3) is 5.56 Å². The number of piperazine rings is 1. The van der Waals surface area contributed by atoms with Crippen molar-refractivity contribution in [3.63, 3.8) is 0 Å². The first-order chi connectivity index (χ1) is 14.7. The zero-order valence-corrected chi connectivity index (χ0v) is 17.3. The van der Waals surface area contributed by atoms with E-state index < -0.39 is 0 Å². The summed E-state index contributed by atoms with van der Waals surface area (Å²) < 4.78 is 1.74. The molecule has 0 bridgehead atoms. The lowest BCUT2D eigenvalue weighted by Crippen LogP contribution is -2.47. The van der Waals surface area contributed by atoms with Gasteiger partial charge in [-0.05, 0) is 24.6 Å². The van der Waals surface area contributed by atoms with E-state index in [0.717, 1.165) is 55.7 Å². The Bertz CT molecular complexity index is 1220. The van der Waals surface area contributed by atoms with Gasteiger partial charge in [-0.25, -0.2) is 4.98 Å². The standard InChI is InChI=1S/C24H27N5O/c1-18-7-8-21-20(15-18)22-23(26-21)24(30)29(17-25-22)14-13-27-9-11-28(12-10-27)16-19-5-3-2-4-6-19/h2-8,15,17,26H,9-14,16H2,1H3. The summed E-state index contributed by atoms with van der Waals surface area (Å²) in [4.78, 5) is 25.8. The fraction of sp³-hybridized carbons (Fsp3) is 0.333. The maximum atomic E-state index is 13.0. The Morgan fingerprint density at radius 3 is 2.53 bits per heavy atom. The second kappa shape index (κ2) is 8.05. The predicted octanol–water partition coefficient (Wildman–Crippen LogP) is 3.00. The highest BCUT2D eigenvalue weighted by molar-refractivity contribution is 6.04. The largest absolute Gasteiger partial charge is 0.349 e. The summed E-state index contributed by atoms with van der Waals surface area (Å²) in [7, 11) is 0. The van der Waals surface area contributed by atoms with Crippen LogP contribution in [0.4, 0.5) is 0 Å². The number of fused-ring (bicyclic) bond motifs is 3. The van der Waals surface area contributed by atoms with Crippen molar-refractivity contribution in [3.8, 4) is 0 Å². The van der Waals surface area contributed by atoms with Crippen LogP contribution in [-0.2, 0) is 13.1 Å². The molecule has 1 fully saturated rings. The van der Waals surface area contributed by atoms with Gasteiger partial charge in [0.05, 0.1) is 6.33 Å². The van der Waals surface area contributed by atoms with Crippen LogP contribution in [0.15, 0.2) is 59.7 Å². The maximum absolute atomic E-state index is 13.0. The Labute approximate surface area is 175 Å². The minimum Gasteiger partial charge on any atom is -0.349 e. The van der Waals surface area contributed by atoms with Crippen LogP contribution >= 0.6 is 0 Å². The molecule has 2 aromatic carbocycles. The number of nitrogens with zero attached hydrogens (tertiary/aromatic N) is 4. The summed E-state index contributed by atoms with van der Waals surface area (Å²) in [6, 6.07) is 16.8. The third kappa shape index (κ3) is 3.76. The highest BCUT2D eigenvalue weighted by Gasteiger charge is 2.17. The van der Waals surface area contributed by atoms with E-state index in [4.69, 9.17) is 0 Å². The minimum absolute atomic E-state index is 0.0107. The Hall–Kier alpha value is -2.96. The van der Waals surface area contributed by atoms with E-state index in [1.54, 1.807) is 10.9 Å². The Morgan fingerprint density at radius 1 is 0.967 bits per heavy atom. The van der Waals surface area contributed by atoms with Gasteiger partial charge < -0.3 is 4.98 Å². The average molecular weight is 402 g/mol. The van der Waals surface area contributed by atoms with Crippen molar-refractivity contribution in [1.82, 2.24) is 24.3 Å². The van der Waals surface area contributed by atoms with Gasteiger partial charge in [-0.2, -0.15) is 0 Å². The first-order valence-electron chi connectivity index (χ1n) is 10.6. The smallest absolute Gasteiger partial charge is 0.277 e. The molecule has 1 aliphatic heterocycles. The summed E-state index contributed by atoms with van der Waals surface area (Å²) in [5, 5.41) is 1.02. The number of hydrogen-bond donors (Lipinski definition) is 1. The van der Waals surface area contributed by atoms with Crippen LogP contribution in [0.25, 0.3) is 21.9 Å². The van der Waals surface area contributed by atoms with Crippen molar-refractivity contribution in [3.05, 3.63) is 76.3 Å². The van der Waals surface area contributed by atoms with Crippen LogP contribution in [-0.4, -0.2) is 57.1 Å². The van der Waals surface area contributed by atoms with Crippen molar-refractivity contribution in [2.45, 2.75) is 20.0 Å². The van der Waals surface area contributed by atoms with Crippen molar-refractivity contribution >= 4 is 21.9 Å². The topological polar surface area (TPSA) is 57.2 Å². The summed E-state index contributed by atoms with van der Waals surface area (Å²) in [5.41, 5.74) is 4.88.